The highest BCUT2D eigenvalue weighted by Gasteiger charge is 2.41. The molecule has 1 fully saturated rings. The van der Waals surface area contributed by atoms with E-state index < -0.39 is 17.8 Å². The van der Waals surface area contributed by atoms with Crippen LogP contribution >= 0.6 is 0 Å². The van der Waals surface area contributed by atoms with Gasteiger partial charge >= 0.3 is 5.97 Å². The minimum Gasteiger partial charge on any atom is -0.481 e. The zero-order valence-corrected chi connectivity index (χ0v) is 13.3. The Morgan fingerprint density at radius 2 is 1.96 bits per heavy atom. The summed E-state index contributed by atoms with van der Waals surface area (Å²) in [4.78, 5) is 34.9. The maximum Gasteiger partial charge on any atom is 0.307 e. The average molecular weight is 329 g/mol. The van der Waals surface area contributed by atoms with Gasteiger partial charge in [-0.25, -0.2) is 0 Å². The maximum atomic E-state index is 12.2. The second-order valence-electron chi connectivity index (χ2n) is 6.01. The van der Waals surface area contributed by atoms with E-state index in [0.29, 0.717) is 18.5 Å². The quantitative estimate of drug-likeness (QED) is 0.772. The smallest absolute Gasteiger partial charge is 0.307 e. The SMILES string of the molecule is CNC(=O)Cn1ccc2ccc(NC(=O)C3CCC3C(=O)O)cc21. The van der Waals surface area contributed by atoms with E-state index in [1.165, 1.54) is 0 Å². The molecule has 0 saturated heterocycles. The number of carboxylic acid groups (broad SMARTS) is 1. The van der Waals surface area contributed by atoms with Crippen LogP contribution in [0, 0.1) is 11.8 Å². The van der Waals surface area contributed by atoms with E-state index in [0.717, 1.165) is 10.9 Å². The second kappa shape index (κ2) is 6.35. The Labute approximate surface area is 138 Å². The molecule has 1 heterocycles. The van der Waals surface area contributed by atoms with Gasteiger partial charge in [-0.3, -0.25) is 14.4 Å². The van der Waals surface area contributed by atoms with Crippen LogP contribution in [0.25, 0.3) is 10.9 Å². The number of likely N-dealkylation sites (N-methyl/N-ethyl adjacent to an activating group) is 1. The number of aromatic nitrogens is 1. The number of benzene rings is 1. The number of carboxylic acids is 1. The van der Waals surface area contributed by atoms with E-state index in [4.69, 9.17) is 5.11 Å². The summed E-state index contributed by atoms with van der Waals surface area (Å²) in [6.07, 6.45) is 2.96. The van der Waals surface area contributed by atoms with Gasteiger partial charge in [0.05, 0.1) is 17.4 Å². The molecule has 1 aliphatic rings. The number of hydrogen-bond acceptors (Lipinski definition) is 3. The van der Waals surface area contributed by atoms with Gasteiger partial charge in [0.2, 0.25) is 11.8 Å². The summed E-state index contributed by atoms with van der Waals surface area (Å²) in [5, 5.41) is 15.4. The molecule has 126 valence electrons. The summed E-state index contributed by atoms with van der Waals surface area (Å²) >= 11 is 0. The van der Waals surface area contributed by atoms with Crippen molar-refractivity contribution >= 4 is 34.4 Å². The lowest BCUT2D eigenvalue weighted by Gasteiger charge is -2.31. The van der Waals surface area contributed by atoms with E-state index >= 15 is 0 Å². The third kappa shape index (κ3) is 2.97. The number of carbonyl (C=O) groups is 3. The van der Waals surface area contributed by atoms with Crippen LogP contribution in [0.15, 0.2) is 30.5 Å². The lowest BCUT2D eigenvalue weighted by Crippen LogP contribution is -2.41. The first-order valence-corrected chi connectivity index (χ1v) is 7.82. The molecular formula is C17H19N3O4. The molecule has 2 aromatic rings. The highest BCUT2D eigenvalue weighted by Crippen LogP contribution is 2.35. The molecule has 0 bridgehead atoms. The van der Waals surface area contributed by atoms with Crippen LogP contribution in [0.2, 0.25) is 0 Å². The highest BCUT2D eigenvalue weighted by atomic mass is 16.4. The van der Waals surface area contributed by atoms with Crippen LogP contribution in [0.4, 0.5) is 5.69 Å². The van der Waals surface area contributed by atoms with Gasteiger partial charge in [-0.05, 0) is 36.4 Å². The topological polar surface area (TPSA) is 100 Å². The lowest BCUT2D eigenvalue weighted by atomic mass is 9.73. The highest BCUT2D eigenvalue weighted by molar-refractivity contribution is 5.98. The predicted octanol–water partition coefficient (Wildman–Crippen LogP) is 1.44. The third-order valence-corrected chi connectivity index (χ3v) is 4.56. The van der Waals surface area contributed by atoms with Crippen LogP contribution < -0.4 is 10.6 Å². The Kier molecular flexibility index (Phi) is 4.24. The number of nitrogens with zero attached hydrogens (tertiary/aromatic N) is 1. The van der Waals surface area contributed by atoms with Crippen molar-refractivity contribution in [3.63, 3.8) is 0 Å². The molecule has 0 spiro atoms. The van der Waals surface area contributed by atoms with Crippen LogP contribution in [0.1, 0.15) is 12.8 Å². The average Bonchev–Trinajstić information content (AvgIpc) is 2.87. The summed E-state index contributed by atoms with van der Waals surface area (Å²) in [7, 11) is 1.58. The predicted molar refractivity (Wildman–Crippen MR) is 88.5 cm³/mol. The van der Waals surface area contributed by atoms with Crippen molar-refractivity contribution in [2.45, 2.75) is 19.4 Å². The fraction of sp³-hybridized carbons (Fsp3) is 0.353. The van der Waals surface area contributed by atoms with E-state index in [9.17, 15) is 14.4 Å². The number of rotatable bonds is 5. The Morgan fingerprint density at radius 1 is 1.21 bits per heavy atom. The molecule has 0 aliphatic heterocycles. The summed E-state index contributed by atoms with van der Waals surface area (Å²) in [5.74, 6) is -2.36. The fourth-order valence-electron chi connectivity index (χ4n) is 2.98. The summed E-state index contributed by atoms with van der Waals surface area (Å²) in [6.45, 7) is 0.196. The Bertz CT molecular complexity index is 811. The molecule has 2 amide bonds. The van der Waals surface area contributed by atoms with E-state index in [1.807, 2.05) is 18.3 Å². The Morgan fingerprint density at radius 3 is 2.58 bits per heavy atom. The van der Waals surface area contributed by atoms with Crippen LogP contribution in [-0.4, -0.2) is 34.5 Å². The largest absolute Gasteiger partial charge is 0.481 e. The molecule has 0 radical (unpaired) electrons. The van der Waals surface area contributed by atoms with Gasteiger partial charge in [0.25, 0.3) is 0 Å². The molecule has 24 heavy (non-hydrogen) atoms. The van der Waals surface area contributed by atoms with Gasteiger partial charge in [-0.15, -0.1) is 0 Å². The molecule has 3 N–H and O–H groups in total. The minimum atomic E-state index is -0.920. The molecular weight excluding hydrogens is 310 g/mol. The molecule has 7 heteroatoms. The molecule has 1 aromatic heterocycles. The van der Waals surface area contributed by atoms with Crippen LogP contribution in [0.5, 0.6) is 0 Å². The number of aliphatic carboxylic acids is 1. The number of amides is 2. The van der Waals surface area contributed by atoms with Gasteiger partial charge in [-0.1, -0.05) is 6.07 Å². The van der Waals surface area contributed by atoms with Gasteiger partial charge in [0.1, 0.15) is 6.54 Å². The summed E-state index contributed by atoms with van der Waals surface area (Å²) < 4.78 is 1.80. The van der Waals surface area contributed by atoms with Crippen molar-refractivity contribution in [1.29, 1.82) is 0 Å². The number of nitrogens with one attached hydrogen (secondary N) is 2. The lowest BCUT2D eigenvalue weighted by molar-refractivity contribution is -0.151. The second-order valence-corrected chi connectivity index (χ2v) is 6.01. The van der Waals surface area contributed by atoms with Crippen molar-refractivity contribution in [3.05, 3.63) is 30.5 Å². The first-order valence-electron chi connectivity index (χ1n) is 7.82. The van der Waals surface area contributed by atoms with Crippen molar-refractivity contribution in [2.75, 3.05) is 12.4 Å². The molecule has 2 atom stereocenters. The first kappa shape index (κ1) is 16.0. The molecule has 1 aliphatic carbocycles. The van der Waals surface area contributed by atoms with Gasteiger partial charge in [0.15, 0.2) is 0 Å². The van der Waals surface area contributed by atoms with Crippen LogP contribution in [-0.2, 0) is 20.9 Å². The third-order valence-electron chi connectivity index (χ3n) is 4.56. The Hall–Kier alpha value is -2.83. The zero-order valence-electron chi connectivity index (χ0n) is 13.3. The van der Waals surface area contributed by atoms with Crippen molar-refractivity contribution < 1.29 is 19.5 Å². The van der Waals surface area contributed by atoms with E-state index in [2.05, 4.69) is 10.6 Å². The molecule has 1 saturated carbocycles. The number of hydrogen-bond donors (Lipinski definition) is 3. The van der Waals surface area contributed by atoms with Crippen molar-refractivity contribution in [3.8, 4) is 0 Å². The van der Waals surface area contributed by atoms with E-state index in [-0.39, 0.29) is 18.4 Å². The standard InChI is InChI=1S/C17H19N3O4/c1-18-15(21)9-20-7-6-10-2-3-11(8-14(10)20)19-16(22)12-4-5-13(12)17(23)24/h2-3,6-8,12-13H,4-5,9H2,1H3,(H,18,21)(H,19,22)(H,23,24). The normalized spacial score (nSPS) is 19.5. The number of anilines is 1. The number of carbonyl (C=O) groups excluding carboxylic acids is 2. The van der Waals surface area contributed by atoms with Gasteiger partial charge in [0, 0.05) is 18.9 Å². The molecule has 3 rings (SSSR count). The summed E-state index contributed by atoms with van der Waals surface area (Å²) in [5.41, 5.74) is 1.43. The van der Waals surface area contributed by atoms with Crippen molar-refractivity contribution in [1.82, 2.24) is 9.88 Å². The zero-order chi connectivity index (χ0) is 17.3. The Balaban J connectivity index is 1.77. The van der Waals surface area contributed by atoms with Gasteiger partial charge < -0.3 is 20.3 Å². The molecule has 2 unspecified atom stereocenters. The van der Waals surface area contributed by atoms with Crippen molar-refractivity contribution in [2.24, 2.45) is 11.8 Å². The van der Waals surface area contributed by atoms with Crippen LogP contribution in [0.3, 0.4) is 0 Å². The molecule has 1 aromatic carbocycles. The fourth-order valence-corrected chi connectivity index (χ4v) is 2.98. The van der Waals surface area contributed by atoms with Gasteiger partial charge in [-0.2, -0.15) is 0 Å². The number of fused-ring (bicyclic) bond motifs is 1. The molecule has 7 nitrogen and oxygen atoms in total. The first-order chi connectivity index (χ1) is 11.5. The van der Waals surface area contributed by atoms with E-state index in [1.54, 1.807) is 23.7 Å². The minimum absolute atomic E-state index is 0.110. The monoisotopic (exact) mass is 329 g/mol. The maximum absolute atomic E-state index is 12.2. The summed E-state index contributed by atoms with van der Waals surface area (Å²) in [6, 6.07) is 7.33.